The number of ketones is 1. The van der Waals surface area contributed by atoms with Crippen molar-refractivity contribution in [3.8, 4) is 5.75 Å². The smallest absolute Gasteiger partial charge is 0.309 e. The summed E-state index contributed by atoms with van der Waals surface area (Å²) in [6, 6.07) is 10.6. The summed E-state index contributed by atoms with van der Waals surface area (Å²) < 4.78 is 51.1. The summed E-state index contributed by atoms with van der Waals surface area (Å²) in [7, 11) is -2.34. The molecule has 0 radical (unpaired) electrons. The number of esters is 1. The van der Waals surface area contributed by atoms with Crippen molar-refractivity contribution in [3.63, 3.8) is 0 Å². The Labute approximate surface area is 199 Å². The van der Waals surface area contributed by atoms with Crippen LogP contribution < -0.4 is 4.74 Å². The number of benzene rings is 2. The second-order valence-electron chi connectivity index (χ2n) is 9.33. The van der Waals surface area contributed by atoms with Gasteiger partial charge >= 0.3 is 5.97 Å². The number of piperidine rings is 1. The first-order valence-electron chi connectivity index (χ1n) is 11.1. The molecular weight excluding hydrogens is 461 g/mol. The van der Waals surface area contributed by atoms with Gasteiger partial charge < -0.3 is 9.47 Å². The molecule has 0 spiro atoms. The Morgan fingerprint density at radius 3 is 2.21 bits per heavy atom. The summed E-state index contributed by atoms with van der Waals surface area (Å²) in [5, 5.41) is 0. The lowest BCUT2D eigenvalue weighted by Gasteiger charge is -2.30. The van der Waals surface area contributed by atoms with Crippen LogP contribution in [0, 0.1) is 11.7 Å². The Kier molecular flexibility index (Phi) is 7.77. The fraction of sp³-hybridized carbons (Fsp3) is 0.440. The monoisotopic (exact) mass is 491 g/mol. The number of carbonyl (C=O) groups excluding carboxylic acids is 2. The quantitative estimate of drug-likeness (QED) is 0.430. The maximum atomic E-state index is 13.8. The van der Waals surface area contributed by atoms with Crippen LogP contribution in [0.2, 0.25) is 0 Å². The summed E-state index contributed by atoms with van der Waals surface area (Å²) in [6.07, 6.45) is 0.590. The molecule has 0 aliphatic carbocycles. The van der Waals surface area contributed by atoms with Crippen LogP contribution in [-0.2, 0) is 25.0 Å². The van der Waals surface area contributed by atoms with Gasteiger partial charge in [0.15, 0.2) is 24.0 Å². The van der Waals surface area contributed by atoms with E-state index in [1.54, 1.807) is 12.1 Å². The SMILES string of the molecule is COc1ccc(C(=O)COC(=O)C2CCN(S(=O)(=O)c3ccc(C(C)(C)C)cc3)CC2)cc1F. The van der Waals surface area contributed by atoms with E-state index in [1.165, 1.54) is 23.5 Å². The molecular formula is C25H30FNO6S. The van der Waals surface area contributed by atoms with Crippen molar-refractivity contribution in [1.82, 2.24) is 4.31 Å². The molecule has 34 heavy (non-hydrogen) atoms. The number of methoxy groups -OCH3 is 1. The number of hydrogen-bond donors (Lipinski definition) is 0. The minimum absolute atomic E-state index is 0.0143. The summed E-state index contributed by atoms with van der Waals surface area (Å²) in [6.45, 7) is 6.03. The molecule has 184 valence electrons. The average Bonchev–Trinajstić information content (AvgIpc) is 2.81. The van der Waals surface area contributed by atoms with Crippen LogP contribution in [0.25, 0.3) is 0 Å². The Morgan fingerprint density at radius 2 is 1.68 bits per heavy atom. The highest BCUT2D eigenvalue weighted by atomic mass is 32.2. The van der Waals surface area contributed by atoms with Crippen molar-refractivity contribution in [1.29, 1.82) is 0 Å². The summed E-state index contributed by atoms with van der Waals surface area (Å²) >= 11 is 0. The van der Waals surface area contributed by atoms with Gasteiger partial charge in [0.05, 0.1) is 17.9 Å². The fourth-order valence-electron chi connectivity index (χ4n) is 3.79. The third kappa shape index (κ3) is 5.82. The predicted molar refractivity (Wildman–Crippen MR) is 125 cm³/mol. The van der Waals surface area contributed by atoms with Crippen LogP contribution in [0.3, 0.4) is 0 Å². The highest BCUT2D eigenvalue weighted by Crippen LogP contribution is 2.27. The summed E-state index contributed by atoms with van der Waals surface area (Å²) in [4.78, 5) is 24.9. The third-order valence-electron chi connectivity index (χ3n) is 5.96. The molecule has 1 saturated heterocycles. The van der Waals surface area contributed by atoms with Gasteiger partial charge in [-0.2, -0.15) is 4.31 Å². The van der Waals surface area contributed by atoms with Gasteiger partial charge in [0.1, 0.15) is 0 Å². The van der Waals surface area contributed by atoms with Gasteiger partial charge in [-0.15, -0.1) is 0 Å². The molecule has 0 amide bonds. The number of Topliss-reactive ketones (excluding diaryl/α,β-unsaturated/α-hetero) is 1. The minimum atomic E-state index is -3.66. The zero-order valence-corrected chi connectivity index (χ0v) is 20.7. The number of halogens is 1. The molecule has 1 aliphatic heterocycles. The highest BCUT2D eigenvalue weighted by Gasteiger charge is 2.33. The van der Waals surface area contributed by atoms with Gasteiger partial charge in [-0.1, -0.05) is 32.9 Å². The lowest BCUT2D eigenvalue weighted by Crippen LogP contribution is -2.40. The molecule has 7 nitrogen and oxygen atoms in total. The number of rotatable bonds is 7. The van der Waals surface area contributed by atoms with E-state index in [2.05, 4.69) is 20.8 Å². The minimum Gasteiger partial charge on any atom is -0.494 e. The van der Waals surface area contributed by atoms with E-state index in [4.69, 9.17) is 9.47 Å². The van der Waals surface area contributed by atoms with Crippen LogP contribution in [0.4, 0.5) is 4.39 Å². The van der Waals surface area contributed by atoms with Crippen LogP contribution in [0.1, 0.15) is 49.5 Å². The molecule has 2 aromatic carbocycles. The van der Waals surface area contributed by atoms with E-state index < -0.39 is 40.1 Å². The van der Waals surface area contributed by atoms with Gasteiger partial charge in [0.25, 0.3) is 0 Å². The summed E-state index contributed by atoms with van der Waals surface area (Å²) in [5.74, 6) is -2.26. The molecule has 2 aromatic rings. The largest absolute Gasteiger partial charge is 0.494 e. The van der Waals surface area contributed by atoms with Gasteiger partial charge in [0, 0.05) is 18.7 Å². The van der Waals surface area contributed by atoms with Crippen LogP contribution >= 0.6 is 0 Å². The first-order chi connectivity index (χ1) is 15.9. The van der Waals surface area contributed by atoms with Crippen LogP contribution in [-0.4, -0.2) is 51.3 Å². The van der Waals surface area contributed by atoms with Gasteiger partial charge in [0.2, 0.25) is 10.0 Å². The standard InChI is InChI=1S/C25H30FNO6S/c1-25(2,3)19-6-8-20(9-7-19)34(30,31)27-13-11-17(12-14-27)24(29)33-16-22(28)18-5-10-23(32-4)21(26)15-18/h5-10,15,17H,11-14,16H2,1-4H3. The van der Waals surface area contributed by atoms with E-state index in [1.807, 2.05) is 12.1 Å². The third-order valence-corrected chi connectivity index (χ3v) is 7.88. The molecule has 1 aliphatic rings. The van der Waals surface area contributed by atoms with Crippen molar-refractivity contribution >= 4 is 21.8 Å². The zero-order chi connectivity index (χ0) is 25.1. The highest BCUT2D eigenvalue weighted by molar-refractivity contribution is 7.89. The molecule has 0 bridgehead atoms. The topological polar surface area (TPSA) is 90.0 Å². The normalized spacial score (nSPS) is 15.7. The maximum absolute atomic E-state index is 13.8. The first-order valence-corrected chi connectivity index (χ1v) is 12.5. The summed E-state index contributed by atoms with van der Waals surface area (Å²) in [5.41, 5.74) is 1.04. The van der Waals surface area contributed by atoms with Crippen molar-refractivity contribution in [3.05, 3.63) is 59.4 Å². The molecule has 1 heterocycles. The van der Waals surface area contributed by atoms with Crippen molar-refractivity contribution in [2.45, 2.75) is 43.9 Å². The Morgan fingerprint density at radius 1 is 1.06 bits per heavy atom. The molecule has 0 unspecified atom stereocenters. The molecule has 9 heteroatoms. The molecule has 0 saturated carbocycles. The second-order valence-corrected chi connectivity index (χ2v) is 11.3. The zero-order valence-electron chi connectivity index (χ0n) is 19.8. The molecule has 0 aromatic heterocycles. The molecule has 1 fully saturated rings. The van der Waals surface area contributed by atoms with Gasteiger partial charge in [-0.05, 0) is 54.2 Å². The van der Waals surface area contributed by atoms with E-state index in [9.17, 15) is 22.4 Å². The number of nitrogens with zero attached hydrogens (tertiary/aromatic N) is 1. The number of hydrogen-bond acceptors (Lipinski definition) is 6. The molecule has 0 atom stereocenters. The number of ether oxygens (including phenoxy) is 2. The predicted octanol–water partition coefficient (Wildman–Crippen LogP) is 3.96. The lowest BCUT2D eigenvalue weighted by atomic mass is 9.87. The maximum Gasteiger partial charge on any atom is 0.309 e. The van der Waals surface area contributed by atoms with Gasteiger partial charge in [-0.25, -0.2) is 12.8 Å². The fourth-order valence-corrected chi connectivity index (χ4v) is 5.26. The van der Waals surface area contributed by atoms with E-state index >= 15 is 0 Å². The van der Waals surface area contributed by atoms with Gasteiger partial charge in [-0.3, -0.25) is 9.59 Å². The van der Waals surface area contributed by atoms with Crippen molar-refractivity contribution in [2.75, 3.05) is 26.8 Å². The molecule has 0 N–H and O–H groups in total. The Bertz CT molecular complexity index is 1150. The van der Waals surface area contributed by atoms with Crippen LogP contribution in [0.5, 0.6) is 5.75 Å². The lowest BCUT2D eigenvalue weighted by molar-refractivity contribution is -0.148. The Hall–Kier alpha value is -2.78. The first kappa shape index (κ1) is 25.8. The van der Waals surface area contributed by atoms with E-state index in [0.29, 0.717) is 12.8 Å². The van der Waals surface area contributed by atoms with Crippen molar-refractivity contribution in [2.24, 2.45) is 5.92 Å². The van der Waals surface area contributed by atoms with E-state index in [-0.39, 0.29) is 34.7 Å². The van der Waals surface area contributed by atoms with Crippen LogP contribution in [0.15, 0.2) is 47.4 Å². The Balaban J connectivity index is 1.54. The number of carbonyl (C=O) groups is 2. The average molecular weight is 492 g/mol. The van der Waals surface area contributed by atoms with Crippen molar-refractivity contribution < 1.29 is 31.9 Å². The second kappa shape index (κ2) is 10.2. The number of sulfonamides is 1. The molecule has 3 rings (SSSR count). The van der Waals surface area contributed by atoms with E-state index in [0.717, 1.165) is 11.6 Å².